The van der Waals surface area contributed by atoms with E-state index in [-0.39, 0.29) is 17.7 Å². The first-order valence-electron chi connectivity index (χ1n) is 7.52. The summed E-state index contributed by atoms with van der Waals surface area (Å²) in [7, 11) is 0. The standard InChI is InChI=1S/C15H25NO3/c1-10-7-8-16(11(2)9-10)14(17)12-3-5-13(6-4-12)15(18)19/h10-13H,3-9H2,1-2H3,(H,18,19). The van der Waals surface area contributed by atoms with E-state index < -0.39 is 5.97 Å². The number of aliphatic carboxylic acids is 1. The first kappa shape index (κ1) is 14.4. The number of nitrogens with zero attached hydrogens (tertiary/aromatic N) is 1. The molecule has 1 saturated carbocycles. The minimum absolute atomic E-state index is 0.0615. The third kappa shape index (κ3) is 3.28. The fourth-order valence-electron chi connectivity index (χ4n) is 3.56. The number of carboxylic acid groups (broad SMARTS) is 1. The summed E-state index contributed by atoms with van der Waals surface area (Å²) in [6, 6.07) is 0.341. The third-order valence-electron chi connectivity index (χ3n) is 4.85. The maximum Gasteiger partial charge on any atom is 0.306 e. The first-order valence-corrected chi connectivity index (χ1v) is 7.52. The van der Waals surface area contributed by atoms with Gasteiger partial charge in [0.2, 0.25) is 5.91 Å². The molecule has 4 nitrogen and oxygen atoms in total. The number of piperidine rings is 1. The van der Waals surface area contributed by atoms with Crippen molar-refractivity contribution in [3.63, 3.8) is 0 Å². The van der Waals surface area contributed by atoms with E-state index in [0.717, 1.165) is 32.2 Å². The van der Waals surface area contributed by atoms with Crippen LogP contribution in [-0.2, 0) is 9.59 Å². The lowest BCUT2D eigenvalue weighted by Gasteiger charge is -2.39. The van der Waals surface area contributed by atoms with Crippen LogP contribution in [0.1, 0.15) is 52.4 Å². The number of amides is 1. The van der Waals surface area contributed by atoms with Crippen molar-refractivity contribution in [3.8, 4) is 0 Å². The Labute approximate surface area is 115 Å². The molecule has 0 bridgehead atoms. The largest absolute Gasteiger partial charge is 0.481 e. The highest BCUT2D eigenvalue weighted by molar-refractivity contribution is 5.80. The maximum absolute atomic E-state index is 12.5. The van der Waals surface area contributed by atoms with Crippen molar-refractivity contribution in [1.29, 1.82) is 0 Å². The Balaban J connectivity index is 1.89. The van der Waals surface area contributed by atoms with Gasteiger partial charge in [0.15, 0.2) is 0 Å². The number of carbonyl (C=O) groups is 2. The van der Waals surface area contributed by atoms with E-state index in [1.807, 2.05) is 4.90 Å². The van der Waals surface area contributed by atoms with Crippen LogP contribution in [0.25, 0.3) is 0 Å². The van der Waals surface area contributed by atoms with Crippen LogP contribution < -0.4 is 0 Å². The van der Waals surface area contributed by atoms with Crippen LogP contribution in [-0.4, -0.2) is 34.5 Å². The zero-order valence-electron chi connectivity index (χ0n) is 12.0. The number of hydrogen-bond donors (Lipinski definition) is 1. The second-order valence-corrected chi connectivity index (χ2v) is 6.40. The zero-order chi connectivity index (χ0) is 14.0. The first-order chi connectivity index (χ1) is 8.99. The molecule has 1 aliphatic heterocycles. The van der Waals surface area contributed by atoms with Crippen LogP contribution in [0.2, 0.25) is 0 Å². The minimum Gasteiger partial charge on any atom is -0.481 e. The molecule has 19 heavy (non-hydrogen) atoms. The number of likely N-dealkylation sites (tertiary alicyclic amines) is 1. The summed E-state index contributed by atoms with van der Waals surface area (Å²) in [5.41, 5.74) is 0. The molecule has 0 aromatic rings. The average molecular weight is 267 g/mol. The highest BCUT2D eigenvalue weighted by Gasteiger charge is 2.35. The lowest BCUT2D eigenvalue weighted by Crippen LogP contribution is -2.47. The lowest BCUT2D eigenvalue weighted by molar-refractivity contribution is -0.147. The highest BCUT2D eigenvalue weighted by Crippen LogP contribution is 2.32. The van der Waals surface area contributed by atoms with Gasteiger partial charge in [-0.05, 0) is 51.4 Å². The summed E-state index contributed by atoms with van der Waals surface area (Å²) in [6.07, 6.45) is 4.99. The van der Waals surface area contributed by atoms with Crippen LogP contribution in [0.15, 0.2) is 0 Å². The van der Waals surface area contributed by atoms with Gasteiger partial charge >= 0.3 is 5.97 Å². The van der Waals surface area contributed by atoms with Gasteiger partial charge in [0, 0.05) is 18.5 Å². The smallest absolute Gasteiger partial charge is 0.306 e. The summed E-state index contributed by atoms with van der Waals surface area (Å²) in [5, 5.41) is 8.99. The molecule has 4 heteroatoms. The topological polar surface area (TPSA) is 57.6 Å². The monoisotopic (exact) mass is 267 g/mol. The summed E-state index contributed by atoms with van der Waals surface area (Å²) in [4.78, 5) is 25.5. The van der Waals surface area contributed by atoms with E-state index in [1.165, 1.54) is 0 Å². The Morgan fingerprint density at radius 1 is 1.00 bits per heavy atom. The molecule has 0 radical (unpaired) electrons. The predicted octanol–water partition coefficient (Wildman–Crippen LogP) is 2.52. The maximum atomic E-state index is 12.5. The Kier molecular flexibility index (Phi) is 4.48. The Bertz CT molecular complexity index is 347. The van der Waals surface area contributed by atoms with E-state index in [2.05, 4.69) is 13.8 Å². The number of carboxylic acids is 1. The molecule has 2 atom stereocenters. The zero-order valence-corrected chi connectivity index (χ0v) is 12.0. The highest BCUT2D eigenvalue weighted by atomic mass is 16.4. The number of hydrogen-bond acceptors (Lipinski definition) is 2. The van der Waals surface area contributed by atoms with Crippen molar-refractivity contribution in [2.75, 3.05) is 6.54 Å². The van der Waals surface area contributed by atoms with Crippen molar-refractivity contribution < 1.29 is 14.7 Å². The molecule has 1 aliphatic carbocycles. The van der Waals surface area contributed by atoms with Crippen LogP contribution in [0.5, 0.6) is 0 Å². The van der Waals surface area contributed by atoms with Crippen molar-refractivity contribution in [3.05, 3.63) is 0 Å². The van der Waals surface area contributed by atoms with Crippen LogP contribution in [0, 0.1) is 17.8 Å². The summed E-state index contributed by atoms with van der Waals surface area (Å²) in [5.74, 6) is 0.102. The predicted molar refractivity (Wildman–Crippen MR) is 72.7 cm³/mol. The molecule has 2 aliphatic rings. The summed E-state index contributed by atoms with van der Waals surface area (Å²) in [6.45, 7) is 5.26. The van der Waals surface area contributed by atoms with Gasteiger partial charge in [-0.2, -0.15) is 0 Å². The van der Waals surface area contributed by atoms with Gasteiger partial charge in [-0.3, -0.25) is 9.59 Å². The molecular weight excluding hydrogens is 242 g/mol. The van der Waals surface area contributed by atoms with Gasteiger partial charge in [-0.1, -0.05) is 6.92 Å². The third-order valence-corrected chi connectivity index (χ3v) is 4.85. The van der Waals surface area contributed by atoms with Crippen LogP contribution >= 0.6 is 0 Å². The molecule has 1 heterocycles. The molecule has 108 valence electrons. The van der Waals surface area contributed by atoms with Gasteiger partial charge < -0.3 is 10.0 Å². The van der Waals surface area contributed by atoms with Crippen LogP contribution in [0.3, 0.4) is 0 Å². The van der Waals surface area contributed by atoms with E-state index >= 15 is 0 Å². The fourth-order valence-corrected chi connectivity index (χ4v) is 3.56. The second kappa shape index (κ2) is 5.93. The van der Waals surface area contributed by atoms with Gasteiger partial charge in [0.1, 0.15) is 0 Å². The molecule has 0 spiro atoms. The van der Waals surface area contributed by atoms with Gasteiger partial charge in [-0.15, -0.1) is 0 Å². The fraction of sp³-hybridized carbons (Fsp3) is 0.867. The quantitative estimate of drug-likeness (QED) is 0.836. The molecule has 1 amide bonds. The van der Waals surface area contributed by atoms with Crippen LogP contribution in [0.4, 0.5) is 0 Å². The Hall–Kier alpha value is -1.06. The summed E-state index contributed by atoms with van der Waals surface area (Å²) < 4.78 is 0. The lowest BCUT2D eigenvalue weighted by atomic mass is 9.80. The van der Waals surface area contributed by atoms with Gasteiger partial charge in [-0.25, -0.2) is 0 Å². The Morgan fingerprint density at radius 2 is 1.58 bits per heavy atom. The molecule has 1 saturated heterocycles. The SMILES string of the molecule is CC1CCN(C(=O)C2CCC(C(=O)O)CC2)C(C)C1. The molecular formula is C15H25NO3. The van der Waals surface area contributed by atoms with Crippen molar-refractivity contribution in [1.82, 2.24) is 4.90 Å². The molecule has 2 unspecified atom stereocenters. The normalized spacial score (nSPS) is 36.0. The van der Waals surface area contributed by atoms with Gasteiger partial charge in [0.05, 0.1) is 5.92 Å². The molecule has 0 aromatic heterocycles. The van der Waals surface area contributed by atoms with Crippen molar-refractivity contribution in [2.24, 2.45) is 17.8 Å². The second-order valence-electron chi connectivity index (χ2n) is 6.40. The van der Waals surface area contributed by atoms with Crippen molar-refractivity contribution in [2.45, 2.75) is 58.4 Å². The van der Waals surface area contributed by atoms with E-state index in [0.29, 0.717) is 24.8 Å². The van der Waals surface area contributed by atoms with E-state index in [9.17, 15) is 9.59 Å². The number of rotatable bonds is 2. The molecule has 2 rings (SSSR count). The molecule has 0 aromatic carbocycles. The van der Waals surface area contributed by atoms with Crippen molar-refractivity contribution >= 4 is 11.9 Å². The van der Waals surface area contributed by atoms with E-state index in [4.69, 9.17) is 5.11 Å². The van der Waals surface area contributed by atoms with Gasteiger partial charge in [0.25, 0.3) is 0 Å². The average Bonchev–Trinajstić information content (AvgIpc) is 2.38. The summed E-state index contributed by atoms with van der Waals surface area (Å²) >= 11 is 0. The molecule has 2 fully saturated rings. The number of carbonyl (C=O) groups excluding carboxylic acids is 1. The molecule has 1 N–H and O–H groups in total. The Morgan fingerprint density at radius 3 is 2.11 bits per heavy atom. The van der Waals surface area contributed by atoms with E-state index in [1.54, 1.807) is 0 Å². The minimum atomic E-state index is -0.703.